The molecule has 0 unspecified atom stereocenters. The molecule has 0 saturated carbocycles. The first kappa shape index (κ1) is 17.2. The Hall–Kier alpha value is -2.62. The molecule has 0 fully saturated rings. The fourth-order valence-electron chi connectivity index (χ4n) is 2.11. The van der Waals surface area contributed by atoms with E-state index in [9.17, 15) is 18.0 Å². The molecule has 0 bridgehead atoms. The lowest BCUT2D eigenvalue weighted by Crippen LogP contribution is -2.24. The number of hydrogen-bond acceptors (Lipinski definition) is 5. The summed E-state index contributed by atoms with van der Waals surface area (Å²) in [6.07, 6.45) is -2.81. The van der Waals surface area contributed by atoms with Gasteiger partial charge in [0.15, 0.2) is 6.61 Å². The molecule has 0 spiro atoms. The van der Waals surface area contributed by atoms with E-state index in [1.54, 1.807) is 35.8 Å². The first-order valence-electron chi connectivity index (χ1n) is 7.20. The van der Waals surface area contributed by atoms with Gasteiger partial charge in [-0.2, -0.15) is 13.2 Å². The summed E-state index contributed by atoms with van der Waals surface area (Å²) in [5.74, 6) is 0.322. The van der Waals surface area contributed by atoms with Gasteiger partial charge in [0, 0.05) is 12.1 Å². The minimum Gasteiger partial charge on any atom is -0.484 e. The van der Waals surface area contributed by atoms with Gasteiger partial charge in [-0.25, -0.2) is 9.50 Å². The second-order valence-electron chi connectivity index (χ2n) is 5.16. The van der Waals surface area contributed by atoms with Crippen LogP contribution in [0.4, 0.5) is 13.2 Å². The van der Waals surface area contributed by atoms with E-state index < -0.39 is 18.7 Å². The zero-order valence-electron chi connectivity index (χ0n) is 13.0. The molecular weight excluding hydrogens is 357 g/mol. The largest absolute Gasteiger partial charge is 0.484 e. The number of aromatic nitrogens is 3. The van der Waals surface area contributed by atoms with Gasteiger partial charge in [-0.1, -0.05) is 29.5 Å². The lowest BCUT2D eigenvalue weighted by Gasteiger charge is -2.13. The van der Waals surface area contributed by atoms with Gasteiger partial charge in [0.05, 0.1) is 6.20 Å². The number of benzene rings is 1. The molecule has 3 aromatic rings. The summed E-state index contributed by atoms with van der Waals surface area (Å²) >= 11 is 1.18. The monoisotopic (exact) mass is 370 g/mol. The fourth-order valence-corrected chi connectivity index (χ4v) is 2.96. The number of para-hydroxylation sites is 1. The molecule has 3 rings (SSSR count). The number of fused-ring (bicyclic) bond motifs is 1. The van der Waals surface area contributed by atoms with E-state index in [1.807, 2.05) is 0 Å². The second-order valence-corrected chi connectivity index (χ2v) is 6.17. The van der Waals surface area contributed by atoms with E-state index in [4.69, 9.17) is 4.74 Å². The summed E-state index contributed by atoms with van der Waals surface area (Å²) in [4.78, 5) is 17.0. The van der Waals surface area contributed by atoms with Crippen molar-refractivity contribution in [3.63, 3.8) is 0 Å². The van der Waals surface area contributed by atoms with Crippen LogP contribution >= 0.6 is 11.3 Å². The maximum Gasteiger partial charge on any atom is 0.422 e. The molecule has 1 amide bonds. The third-order valence-electron chi connectivity index (χ3n) is 3.27. The number of ether oxygens (including phenoxy) is 1. The van der Waals surface area contributed by atoms with E-state index in [0.717, 1.165) is 4.83 Å². The van der Waals surface area contributed by atoms with Crippen LogP contribution in [0.3, 0.4) is 0 Å². The Morgan fingerprint density at radius 3 is 2.84 bits per heavy atom. The van der Waals surface area contributed by atoms with Crippen molar-refractivity contribution < 1.29 is 22.7 Å². The van der Waals surface area contributed by atoms with Crippen LogP contribution in [-0.2, 0) is 6.54 Å². The highest BCUT2D eigenvalue weighted by Crippen LogP contribution is 2.22. The van der Waals surface area contributed by atoms with E-state index in [-0.39, 0.29) is 17.3 Å². The van der Waals surface area contributed by atoms with Gasteiger partial charge in [-0.15, -0.1) is 5.10 Å². The van der Waals surface area contributed by atoms with Gasteiger partial charge in [0.2, 0.25) is 5.01 Å². The number of halogens is 3. The number of rotatable bonds is 5. The van der Waals surface area contributed by atoms with Crippen LogP contribution in [0.1, 0.15) is 21.2 Å². The molecule has 0 aliphatic carbocycles. The summed E-state index contributed by atoms with van der Waals surface area (Å²) < 4.78 is 43.3. The SMILES string of the molecule is Cc1ncc2sc(C(=O)NCc3ccccc3OCC(F)(F)F)nn12. The van der Waals surface area contributed by atoms with E-state index in [1.165, 1.54) is 17.4 Å². The number of hydrogen-bond donors (Lipinski definition) is 1. The van der Waals surface area contributed by atoms with Crippen LogP contribution in [0.25, 0.3) is 4.83 Å². The molecule has 0 atom stereocenters. The van der Waals surface area contributed by atoms with Gasteiger partial charge in [-0.05, 0) is 13.0 Å². The lowest BCUT2D eigenvalue weighted by molar-refractivity contribution is -0.153. The Labute approximate surface area is 144 Å². The van der Waals surface area contributed by atoms with Crippen molar-refractivity contribution in [1.82, 2.24) is 19.9 Å². The van der Waals surface area contributed by atoms with Gasteiger partial charge in [-0.3, -0.25) is 4.79 Å². The Kier molecular flexibility index (Phi) is 4.62. The number of nitrogens with one attached hydrogen (secondary N) is 1. The van der Waals surface area contributed by atoms with Gasteiger partial charge >= 0.3 is 6.18 Å². The van der Waals surface area contributed by atoms with Crippen molar-refractivity contribution in [3.8, 4) is 5.75 Å². The Balaban J connectivity index is 1.67. The zero-order valence-corrected chi connectivity index (χ0v) is 13.8. The predicted molar refractivity (Wildman–Crippen MR) is 84.8 cm³/mol. The lowest BCUT2D eigenvalue weighted by atomic mass is 10.2. The first-order valence-corrected chi connectivity index (χ1v) is 8.02. The molecule has 0 aliphatic heterocycles. The van der Waals surface area contributed by atoms with Crippen LogP contribution in [0.2, 0.25) is 0 Å². The Bertz CT molecular complexity index is 904. The number of alkyl halides is 3. The third-order valence-corrected chi connectivity index (χ3v) is 4.21. The highest BCUT2D eigenvalue weighted by Gasteiger charge is 2.28. The maximum atomic E-state index is 12.3. The molecule has 10 heteroatoms. The highest BCUT2D eigenvalue weighted by atomic mass is 32.1. The number of carbonyl (C=O) groups excluding carboxylic acids is 1. The number of carbonyl (C=O) groups is 1. The Morgan fingerprint density at radius 2 is 2.12 bits per heavy atom. The van der Waals surface area contributed by atoms with Gasteiger partial charge in [0.25, 0.3) is 5.91 Å². The van der Waals surface area contributed by atoms with Crippen LogP contribution in [0, 0.1) is 6.92 Å². The van der Waals surface area contributed by atoms with Crippen LogP contribution in [-0.4, -0.2) is 33.3 Å². The molecule has 1 aromatic carbocycles. The summed E-state index contributed by atoms with van der Waals surface area (Å²) in [5, 5.41) is 7.04. The molecule has 0 saturated heterocycles. The molecule has 6 nitrogen and oxygen atoms in total. The van der Waals surface area contributed by atoms with Crippen molar-refractivity contribution in [2.45, 2.75) is 19.6 Å². The Morgan fingerprint density at radius 1 is 1.36 bits per heavy atom. The minimum absolute atomic E-state index is 0.0264. The zero-order chi connectivity index (χ0) is 18.0. The average Bonchev–Trinajstić information content (AvgIpc) is 3.13. The van der Waals surface area contributed by atoms with E-state index in [2.05, 4.69) is 15.4 Å². The molecular formula is C15H13F3N4O2S. The highest BCUT2D eigenvalue weighted by molar-refractivity contribution is 7.18. The molecule has 0 aliphatic rings. The van der Waals surface area contributed by atoms with Crippen molar-refractivity contribution >= 4 is 22.1 Å². The number of imidazole rings is 1. The molecule has 2 aromatic heterocycles. The smallest absolute Gasteiger partial charge is 0.422 e. The molecule has 132 valence electrons. The summed E-state index contributed by atoms with van der Waals surface area (Å²) in [6, 6.07) is 6.24. The third kappa shape index (κ3) is 4.08. The molecule has 0 radical (unpaired) electrons. The van der Waals surface area contributed by atoms with Gasteiger partial charge in [0.1, 0.15) is 16.4 Å². The molecule has 25 heavy (non-hydrogen) atoms. The normalized spacial score (nSPS) is 11.7. The number of aryl methyl sites for hydroxylation is 1. The number of nitrogens with zero attached hydrogens (tertiary/aromatic N) is 3. The fraction of sp³-hybridized carbons (Fsp3) is 0.267. The summed E-state index contributed by atoms with van der Waals surface area (Å²) in [6.45, 7) is 0.406. The number of amides is 1. The predicted octanol–water partition coefficient (Wildman–Crippen LogP) is 2.97. The molecule has 1 N–H and O–H groups in total. The van der Waals surface area contributed by atoms with Crippen molar-refractivity contribution in [3.05, 3.63) is 46.9 Å². The first-order chi connectivity index (χ1) is 11.8. The minimum atomic E-state index is -4.43. The maximum absolute atomic E-state index is 12.3. The molecule has 2 heterocycles. The van der Waals surface area contributed by atoms with Crippen molar-refractivity contribution in [1.29, 1.82) is 0 Å². The standard InChI is InChI=1S/C15H13F3N4O2S/c1-9-19-7-12-22(9)21-14(25-12)13(23)20-6-10-4-2-3-5-11(10)24-8-15(16,17)18/h2-5,7H,6,8H2,1H3,(H,20,23). The topological polar surface area (TPSA) is 68.5 Å². The van der Waals surface area contributed by atoms with Gasteiger partial charge < -0.3 is 10.1 Å². The van der Waals surface area contributed by atoms with Crippen LogP contribution in [0.15, 0.2) is 30.5 Å². The summed E-state index contributed by atoms with van der Waals surface area (Å²) in [7, 11) is 0. The van der Waals surface area contributed by atoms with Crippen LogP contribution in [0.5, 0.6) is 5.75 Å². The summed E-state index contributed by atoms with van der Waals surface area (Å²) in [5.41, 5.74) is 0.446. The van der Waals surface area contributed by atoms with E-state index >= 15 is 0 Å². The van der Waals surface area contributed by atoms with Crippen molar-refractivity contribution in [2.24, 2.45) is 0 Å². The van der Waals surface area contributed by atoms with Crippen LogP contribution < -0.4 is 10.1 Å². The van der Waals surface area contributed by atoms with E-state index in [0.29, 0.717) is 11.4 Å². The van der Waals surface area contributed by atoms with Crippen molar-refractivity contribution in [2.75, 3.05) is 6.61 Å². The second kappa shape index (κ2) is 6.71. The average molecular weight is 370 g/mol. The quantitative estimate of drug-likeness (QED) is 0.750.